The number of amides is 1. The van der Waals surface area contributed by atoms with Gasteiger partial charge in [0.2, 0.25) is 5.91 Å². The van der Waals surface area contributed by atoms with Crippen molar-refractivity contribution in [2.24, 2.45) is 5.73 Å². The second-order valence-corrected chi connectivity index (χ2v) is 4.72. The number of halogens is 1. The van der Waals surface area contributed by atoms with Crippen LogP contribution in [0.15, 0.2) is 12.1 Å². The van der Waals surface area contributed by atoms with Crippen LogP contribution in [0.25, 0.3) is 0 Å². The fourth-order valence-corrected chi connectivity index (χ4v) is 2.27. The number of unbranched alkanes of at least 4 members (excludes halogenated alkanes) is 1. The smallest absolute Gasteiger partial charge is 0.249 e. The van der Waals surface area contributed by atoms with E-state index in [9.17, 15) is 9.18 Å². The monoisotopic (exact) mass is 266 g/mol. The minimum absolute atomic E-state index is 0.163. The maximum atomic E-state index is 13.8. The van der Waals surface area contributed by atoms with Crippen LogP contribution in [0.1, 0.15) is 42.1 Å². The Balaban J connectivity index is 2.16. The highest BCUT2D eigenvalue weighted by Gasteiger charge is 2.26. The molecule has 1 amide bonds. The third-order valence-electron chi connectivity index (χ3n) is 3.30. The van der Waals surface area contributed by atoms with Crippen LogP contribution in [-0.2, 0) is 6.42 Å². The maximum Gasteiger partial charge on any atom is 0.249 e. The fraction of sp³-hybridized carbons (Fsp3) is 0.500. The van der Waals surface area contributed by atoms with Gasteiger partial charge in [-0.25, -0.2) is 4.39 Å². The number of hydrogen-bond acceptors (Lipinski definition) is 3. The van der Waals surface area contributed by atoms with Gasteiger partial charge in [0, 0.05) is 17.5 Å². The quantitative estimate of drug-likeness (QED) is 0.801. The molecule has 5 heteroatoms. The van der Waals surface area contributed by atoms with Crippen LogP contribution < -0.4 is 15.8 Å². The third kappa shape index (κ3) is 3.04. The maximum absolute atomic E-state index is 13.8. The average Bonchev–Trinajstić information content (AvgIpc) is 2.39. The molecule has 1 atom stereocenters. The molecule has 1 aliphatic heterocycles. The van der Waals surface area contributed by atoms with Crippen LogP contribution in [0, 0.1) is 5.82 Å². The molecule has 1 heterocycles. The van der Waals surface area contributed by atoms with E-state index in [-0.39, 0.29) is 12.0 Å². The molecule has 1 aromatic carbocycles. The standard InChI is InChI=1S/C14H19FN2O2/c1-2-3-8-17-12-7-5-9-10(14(16)18)4-6-11(15)13(9)19-12/h4,6,12,17H,2-3,5,7-8H2,1H3,(H2,16,18). The highest BCUT2D eigenvalue weighted by atomic mass is 19.1. The molecule has 104 valence electrons. The Hall–Kier alpha value is -1.62. The Morgan fingerprint density at radius 1 is 1.58 bits per heavy atom. The topological polar surface area (TPSA) is 64.3 Å². The molecule has 0 fully saturated rings. The normalized spacial score (nSPS) is 17.7. The van der Waals surface area contributed by atoms with Gasteiger partial charge in [0.25, 0.3) is 0 Å². The summed E-state index contributed by atoms with van der Waals surface area (Å²) in [5.74, 6) is -0.823. The van der Waals surface area contributed by atoms with Crippen LogP contribution in [0.5, 0.6) is 5.75 Å². The lowest BCUT2D eigenvalue weighted by Crippen LogP contribution is -2.38. The summed E-state index contributed by atoms with van der Waals surface area (Å²) in [6, 6.07) is 2.65. The molecule has 0 aliphatic carbocycles. The Kier molecular flexibility index (Phi) is 4.37. The first-order valence-corrected chi connectivity index (χ1v) is 6.64. The molecule has 0 aromatic heterocycles. The summed E-state index contributed by atoms with van der Waals surface area (Å²) in [4.78, 5) is 11.3. The van der Waals surface area contributed by atoms with Gasteiger partial charge in [-0.1, -0.05) is 13.3 Å². The van der Waals surface area contributed by atoms with E-state index in [1.54, 1.807) is 0 Å². The van der Waals surface area contributed by atoms with Gasteiger partial charge in [0.1, 0.15) is 0 Å². The van der Waals surface area contributed by atoms with Gasteiger partial charge in [0.15, 0.2) is 17.8 Å². The fourth-order valence-electron chi connectivity index (χ4n) is 2.27. The molecule has 2 rings (SSSR count). The zero-order chi connectivity index (χ0) is 13.8. The van der Waals surface area contributed by atoms with Crippen LogP contribution in [0.3, 0.4) is 0 Å². The van der Waals surface area contributed by atoms with Crippen LogP contribution >= 0.6 is 0 Å². The van der Waals surface area contributed by atoms with Gasteiger partial charge in [-0.3, -0.25) is 10.1 Å². The molecule has 1 aliphatic rings. The molecule has 0 saturated heterocycles. The van der Waals surface area contributed by atoms with E-state index in [0.717, 1.165) is 19.4 Å². The number of primary amides is 1. The second-order valence-electron chi connectivity index (χ2n) is 4.72. The first-order chi connectivity index (χ1) is 9.13. The number of nitrogens with two attached hydrogens (primary N) is 1. The number of carbonyl (C=O) groups is 1. The number of rotatable bonds is 5. The van der Waals surface area contributed by atoms with Crippen molar-refractivity contribution in [3.63, 3.8) is 0 Å². The Morgan fingerprint density at radius 2 is 2.37 bits per heavy atom. The number of ether oxygens (including phenoxy) is 1. The van der Waals surface area contributed by atoms with Crippen molar-refractivity contribution >= 4 is 5.91 Å². The summed E-state index contributed by atoms with van der Waals surface area (Å²) in [6.45, 7) is 2.95. The molecular formula is C14H19FN2O2. The van der Waals surface area contributed by atoms with Gasteiger partial charge in [-0.2, -0.15) is 0 Å². The lowest BCUT2D eigenvalue weighted by atomic mass is 9.98. The van der Waals surface area contributed by atoms with Crippen molar-refractivity contribution in [1.82, 2.24) is 5.32 Å². The second kappa shape index (κ2) is 6.02. The third-order valence-corrected chi connectivity index (χ3v) is 3.30. The van der Waals surface area contributed by atoms with Crippen molar-refractivity contribution in [3.8, 4) is 5.75 Å². The first kappa shape index (κ1) is 13.8. The summed E-state index contributed by atoms with van der Waals surface area (Å²) in [5, 5.41) is 3.23. The minimum Gasteiger partial charge on any atom is -0.472 e. The molecule has 1 unspecified atom stereocenters. The van der Waals surface area contributed by atoms with Gasteiger partial charge >= 0.3 is 0 Å². The van der Waals surface area contributed by atoms with E-state index in [2.05, 4.69) is 12.2 Å². The SMILES string of the molecule is CCCCNC1CCc2c(C(N)=O)ccc(F)c2O1. The van der Waals surface area contributed by atoms with Crippen molar-refractivity contribution < 1.29 is 13.9 Å². The van der Waals surface area contributed by atoms with Gasteiger partial charge in [-0.05, 0) is 31.5 Å². The van der Waals surface area contributed by atoms with Gasteiger partial charge < -0.3 is 10.5 Å². The molecule has 3 N–H and O–H groups in total. The van der Waals surface area contributed by atoms with Crippen LogP contribution in [0.2, 0.25) is 0 Å². The largest absolute Gasteiger partial charge is 0.472 e. The molecule has 0 bridgehead atoms. The lowest BCUT2D eigenvalue weighted by Gasteiger charge is -2.28. The van der Waals surface area contributed by atoms with E-state index in [1.165, 1.54) is 12.1 Å². The number of nitrogens with one attached hydrogen (secondary N) is 1. The summed E-state index contributed by atoms with van der Waals surface area (Å²) < 4.78 is 19.4. The number of hydrogen-bond donors (Lipinski definition) is 2. The van der Waals surface area contributed by atoms with Gasteiger partial charge in [-0.15, -0.1) is 0 Å². The molecule has 0 saturated carbocycles. The summed E-state index contributed by atoms with van der Waals surface area (Å²) in [6.07, 6.45) is 3.25. The predicted octanol–water partition coefficient (Wildman–Crippen LogP) is 1.97. The van der Waals surface area contributed by atoms with Crippen molar-refractivity contribution in [2.45, 2.75) is 38.8 Å². The van der Waals surface area contributed by atoms with Crippen molar-refractivity contribution in [2.75, 3.05) is 6.54 Å². The molecule has 19 heavy (non-hydrogen) atoms. The number of fused-ring (bicyclic) bond motifs is 1. The van der Waals surface area contributed by atoms with E-state index < -0.39 is 11.7 Å². The summed E-state index contributed by atoms with van der Waals surface area (Å²) in [5.41, 5.74) is 6.22. The zero-order valence-electron chi connectivity index (χ0n) is 11.0. The van der Waals surface area contributed by atoms with Crippen molar-refractivity contribution in [3.05, 3.63) is 29.1 Å². The van der Waals surface area contributed by atoms with Gasteiger partial charge in [0.05, 0.1) is 0 Å². The lowest BCUT2D eigenvalue weighted by molar-refractivity contribution is 0.0991. The molecule has 0 radical (unpaired) electrons. The van der Waals surface area contributed by atoms with E-state index >= 15 is 0 Å². The zero-order valence-corrected chi connectivity index (χ0v) is 11.0. The molecule has 1 aromatic rings. The highest BCUT2D eigenvalue weighted by molar-refractivity contribution is 5.95. The van der Waals surface area contributed by atoms with Crippen LogP contribution in [0.4, 0.5) is 4.39 Å². The van der Waals surface area contributed by atoms with Crippen molar-refractivity contribution in [1.29, 1.82) is 0 Å². The van der Waals surface area contributed by atoms with E-state index in [4.69, 9.17) is 10.5 Å². The summed E-state index contributed by atoms with van der Waals surface area (Å²) in [7, 11) is 0. The first-order valence-electron chi connectivity index (χ1n) is 6.64. The highest BCUT2D eigenvalue weighted by Crippen LogP contribution is 2.32. The average molecular weight is 266 g/mol. The number of benzene rings is 1. The summed E-state index contributed by atoms with van der Waals surface area (Å²) >= 11 is 0. The molecule has 4 nitrogen and oxygen atoms in total. The van der Waals surface area contributed by atoms with Crippen LogP contribution in [-0.4, -0.2) is 18.7 Å². The Morgan fingerprint density at radius 3 is 3.05 bits per heavy atom. The Bertz CT molecular complexity index is 477. The molecule has 0 spiro atoms. The van der Waals surface area contributed by atoms with E-state index in [0.29, 0.717) is 24.0 Å². The minimum atomic E-state index is -0.544. The van der Waals surface area contributed by atoms with E-state index in [1.807, 2.05) is 0 Å². The Labute approximate surface area is 112 Å². The predicted molar refractivity (Wildman–Crippen MR) is 70.6 cm³/mol. The molecular weight excluding hydrogens is 247 g/mol. The number of carbonyl (C=O) groups excluding carboxylic acids is 1.